The Kier molecular flexibility index (Phi) is 5.06. The molecule has 1 atom stereocenters. The van der Waals surface area contributed by atoms with Crippen LogP contribution in [0.15, 0.2) is 18.3 Å². The molecule has 1 fully saturated rings. The van der Waals surface area contributed by atoms with Crippen molar-refractivity contribution in [3.63, 3.8) is 0 Å². The Morgan fingerprint density at radius 3 is 2.72 bits per heavy atom. The van der Waals surface area contributed by atoms with E-state index in [1.807, 2.05) is 12.1 Å². The first-order chi connectivity index (χ1) is 11.9. The summed E-state index contributed by atoms with van der Waals surface area (Å²) in [5.41, 5.74) is 1.10. The Bertz CT molecular complexity index is 799. The van der Waals surface area contributed by atoms with Crippen LogP contribution >= 0.6 is 11.3 Å². The highest BCUT2D eigenvalue weighted by molar-refractivity contribution is 7.20. The molecule has 2 amide bonds. The maximum Gasteiger partial charge on any atom is 0.263 e. The van der Waals surface area contributed by atoms with Gasteiger partial charge >= 0.3 is 0 Å². The van der Waals surface area contributed by atoms with Gasteiger partial charge in [0.2, 0.25) is 5.91 Å². The van der Waals surface area contributed by atoms with E-state index in [4.69, 9.17) is 0 Å². The third kappa shape index (κ3) is 3.52. The molecule has 0 saturated carbocycles. The van der Waals surface area contributed by atoms with E-state index in [2.05, 4.69) is 9.88 Å². The second-order valence-electron chi connectivity index (χ2n) is 6.91. The van der Waals surface area contributed by atoms with Crippen LogP contribution in [0.1, 0.15) is 27.6 Å². The number of likely N-dealkylation sites (tertiary alicyclic amines) is 1. The fourth-order valence-electron chi connectivity index (χ4n) is 3.26. The minimum atomic E-state index is 0.0285. The van der Waals surface area contributed by atoms with Crippen LogP contribution in [0, 0.1) is 0 Å². The molecule has 0 radical (unpaired) electrons. The third-order valence-electron chi connectivity index (χ3n) is 4.64. The van der Waals surface area contributed by atoms with Crippen LogP contribution in [-0.4, -0.2) is 79.3 Å². The topological polar surface area (TPSA) is 56.8 Å². The predicted octanol–water partition coefficient (Wildman–Crippen LogP) is 1.88. The summed E-state index contributed by atoms with van der Waals surface area (Å²) in [7, 11) is 7.12. The van der Waals surface area contributed by atoms with E-state index in [1.165, 1.54) is 11.3 Å². The molecule has 2 aromatic rings. The van der Waals surface area contributed by atoms with Crippen LogP contribution in [0.25, 0.3) is 10.2 Å². The monoisotopic (exact) mass is 360 g/mol. The largest absolute Gasteiger partial charge is 0.348 e. The van der Waals surface area contributed by atoms with Crippen molar-refractivity contribution < 1.29 is 9.59 Å². The second kappa shape index (κ2) is 7.09. The van der Waals surface area contributed by atoms with E-state index < -0.39 is 0 Å². The van der Waals surface area contributed by atoms with E-state index in [-0.39, 0.29) is 17.7 Å². The molecule has 3 heterocycles. The Labute approximate surface area is 152 Å². The lowest BCUT2D eigenvalue weighted by Crippen LogP contribution is -2.35. The highest BCUT2D eigenvalue weighted by Gasteiger charge is 2.32. The molecule has 0 aliphatic carbocycles. The average Bonchev–Trinajstić information content (AvgIpc) is 3.17. The highest BCUT2D eigenvalue weighted by Crippen LogP contribution is 2.39. The van der Waals surface area contributed by atoms with Gasteiger partial charge in [-0.05, 0) is 24.6 Å². The molecule has 2 aromatic heterocycles. The summed E-state index contributed by atoms with van der Waals surface area (Å²) in [5.74, 6) is 0.398. The van der Waals surface area contributed by atoms with Gasteiger partial charge in [-0.15, -0.1) is 11.3 Å². The zero-order valence-corrected chi connectivity index (χ0v) is 16.0. The fraction of sp³-hybridized carbons (Fsp3) is 0.500. The van der Waals surface area contributed by atoms with Gasteiger partial charge in [-0.25, -0.2) is 4.98 Å². The Hall–Kier alpha value is -1.99. The van der Waals surface area contributed by atoms with Gasteiger partial charge in [-0.2, -0.15) is 0 Å². The van der Waals surface area contributed by atoms with Crippen LogP contribution in [0.4, 0.5) is 0 Å². The number of carbonyl (C=O) groups excluding carboxylic acids is 2. The van der Waals surface area contributed by atoms with Crippen LogP contribution in [0.3, 0.4) is 0 Å². The smallest absolute Gasteiger partial charge is 0.263 e. The van der Waals surface area contributed by atoms with Crippen LogP contribution in [-0.2, 0) is 4.79 Å². The number of rotatable bonds is 4. The van der Waals surface area contributed by atoms with Crippen molar-refractivity contribution in [2.75, 3.05) is 47.8 Å². The number of hydrogen-bond donors (Lipinski definition) is 0. The van der Waals surface area contributed by atoms with Crippen molar-refractivity contribution in [3.8, 4) is 0 Å². The van der Waals surface area contributed by atoms with Crippen LogP contribution < -0.4 is 0 Å². The second-order valence-corrected chi connectivity index (χ2v) is 7.91. The molecule has 1 aliphatic rings. The molecule has 7 heteroatoms. The molecular formula is C18H24N4O2S. The molecule has 3 rings (SSSR count). The maximum absolute atomic E-state index is 12.7. The molecule has 134 valence electrons. The fourth-order valence-corrected chi connectivity index (χ4v) is 4.51. The van der Waals surface area contributed by atoms with Gasteiger partial charge in [0.25, 0.3) is 5.91 Å². The van der Waals surface area contributed by atoms with E-state index in [9.17, 15) is 9.59 Å². The number of nitrogens with zero attached hydrogens (tertiary/aromatic N) is 4. The molecule has 25 heavy (non-hydrogen) atoms. The lowest BCUT2D eigenvalue weighted by Gasteiger charge is -2.19. The SMILES string of the molecule is CN(C)C(=O)CN1CCC(c2c(C(=O)N(C)C)sc3ncccc23)C1. The van der Waals surface area contributed by atoms with E-state index in [1.54, 1.807) is 44.2 Å². The normalized spacial score (nSPS) is 17.8. The van der Waals surface area contributed by atoms with Crippen molar-refractivity contribution in [1.82, 2.24) is 19.7 Å². The summed E-state index contributed by atoms with van der Waals surface area (Å²) in [5, 5.41) is 1.07. The molecule has 0 aromatic carbocycles. The van der Waals surface area contributed by atoms with Gasteiger partial charge in [0, 0.05) is 52.2 Å². The average molecular weight is 360 g/mol. The number of likely N-dealkylation sites (N-methyl/N-ethyl adjacent to an activating group) is 1. The number of pyridine rings is 1. The maximum atomic E-state index is 12.7. The van der Waals surface area contributed by atoms with Crippen molar-refractivity contribution in [2.45, 2.75) is 12.3 Å². The van der Waals surface area contributed by atoms with E-state index in [0.717, 1.165) is 40.2 Å². The van der Waals surface area contributed by atoms with Crippen molar-refractivity contribution in [2.24, 2.45) is 0 Å². The van der Waals surface area contributed by atoms with Crippen LogP contribution in [0.5, 0.6) is 0 Å². The Morgan fingerprint density at radius 1 is 1.28 bits per heavy atom. The van der Waals surface area contributed by atoms with Crippen LogP contribution in [0.2, 0.25) is 0 Å². The summed E-state index contributed by atoms with van der Waals surface area (Å²) in [6.45, 7) is 2.10. The zero-order valence-electron chi connectivity index (χ0n) is 15.2. The van der Waals surface area contributed by atoms with Gasteiger partial charge in [0.15, 0.2) is 0 Å². The zero-order chi connectivity index (χ0) is 18.1. The lowest BCUT2D eigenvalue weighted by atomic mass is 9.95. The van der Waals surface area contributed by atoms with Gasteiger partial charge in [0.05, 0.1) is 11.4 Å². The van der Waals surface area contributed by atoms with Crippen molar-refractivity contribution >= 4 is 33.4 Å². The third-order valence-corrected chi connectivity index (χ3v) is 5.76. The quantitative estimate of drug-likeness (QED) is 0.835. The highest BCUT2D eigenvalue weighted by atomic mass is 32.1. The molecule has 0 spiro atoms. The molecule has 1 saturated heterocycles. The summed E-state index contributed by atoms with van der Waals surface area (Å²) >= 11 is 1.47. The molecule has 6 nitrogen and oxygen atoms in total. The standard InChI is InChI=1S/C18H24N4O2S/c1-20(2)14(23)11-22-9-7-12(10-22)15-13-6-5-8-19-17(13)25-16(15)18(24)21(3)4/h5-6,8,12H,7,9-11H2,1-4H3. The predicted molar refractivity (Wildman–Crippen MR) is 100 cm³/mol. The lowest BCUT2D eigenvalue weighted by molar-refractivity contribution is -0.129. The first kappa shape index (κ1) is 17.8. The number of aromatic nitrogens is 1. The summed E-state index contributed by atoms with van der Waals surface area (Å²) < 4.78 is 0. The van der Waals surface area contributed by atoms with Gasteiger partial charge < -0.3 is 9.80 Å². The van der Waals surface area contributed by atoms with E-state index in [0.29, 0.717) is 6.54 Å². The van der Waals surface area contributed by atoms with Crippen molar-refractivity contribution in [3.05, 3.63) is 28.8 Å². The molecule has 0 bridgehead atoms. The number of amides is 2. The first-order valence-electron chi connectivity index (χ1n) is 8.40. The minimum Gasteiger partial charge on any atom is -0.348 e. The van der Waals surface area contributed by atoms with Gasteiger partial charge in [-0.3, -0.25) is 14.5 Å². The summed E-state index contributed by atoms with van der Waals surface area (Å²) in [6.07, 6.45) is 2.72. The summed E-state index contributed by atoms with van der Waals surface area (Å²) in [6, 6.07) is 3.97. The number of carbonyl (C=O) groups is 2. The van der Waals surface area contributed by atoms with Gasteiger partial charge in [-0.1, -0.05) is 6.07 Å². The number of thiophene rings is 1. The Balaban J connectivity index is 1.91. The van der Waals surface area contributed by atoms with E-state index >= 15 is 0 Å². The molecule has 0 N–H and O–H groups in total. The van der Waals surface area contributed by atoms with Crippen molar-refractivity contribution in [1.29, 1.82) is 0 Å². The molecule has 1 aliphatic heterocycles. The van der Waals surface area contributed by atoms with Gasteiger partial charge in [0.1, 0.15) is 4.83 Å². The number of hydrogen-bond acceptors (Lipinski definition) is 5. The molecular weight excluding hydrogens is 336 g/mol. The Morgan fingerprint density at radius 2 is 2.04 bits per heavy atom. The molecule has 1 unspecified atom stereocenters. The summed E-state index contributed by atoms with van der Waals surface area (Å²) in [4.78, 5) is 36.2. The minimum absolute atomic E-state index is 0.0285. The number of fused-ring (bicyclic) bond motifs is 1. The first-order valence-corrected chi connectivity index (χ1v) is 9.21.